The third-order valence-electron chi connectivity index (χ3n) is 5.78. The summed E-state index contributed by atoms with van der Waals surface area (Å²) in [6, 6.07) is 3.48. The van der Waals surface area contributed by atoms with Crippen LogP contribution >= 0.6 is 23.2 Å². The Morgan fingerprint density at radius 2 is 2.15 bits per heavy atom. The number of ether oxygens (including phenoxy) is 1. The maximum absolute atomic E-state index is 12.3. The van der Waals surface area contributed by atoms with Crippen LogP contribution in [-0.4, -0.2) is 28.5 Å². The summed E-state index contributed by atoms with van der Waals surface area (Å²) in [7, 11) is 0. The van der Waals surface area contributed by atoms with Gasteiger partial charge in [-0.05, 0) is 56.1 Å². The fourth-order valence-corrected chi connectivity index (χ4v) is 5.17. The first-order valence-corrected chi connectivity index (χ1v) is 9.78. The van der Waals surface area contributed by atoms with Crippen molar-refractivity contribution in [2.75, 3.05) is 6.61 Å². The number of nitrogens with one attached hydrogen (secondary N) is 1. The van der Waals surface area contributed by atoms with E-state index in [1.165, 1.54) is 32.0 Å². The van der Waals surface area contributed by atoms with Crippen LogP contribution in [0.4, 0.5) is 0 Å². The smallest absolute Gasteiger partial charge is 0.258 e. The van der Waals surface area contributed by atoms with Crippen LogP contribution < -0.4 is 10.1 Å². The second kappa shape index (κ2) is 7.20. The molecule has 1 aromatic heterocycles. The molecule has 1 amide bonds. The van der Waals surface area contributed by atoms with Crippen LogP contribution in [0.25, 0.3) is 10.9 Å². The van der Waals surface area contributed by atoms with Gasteiger partial charge in [-0.25, -0.2) is 9.97 Å². The highest BCUT2D eigenvalue weighted by Crippen LogP contribution is 2.49. The molecule has 0 spiro atoms. The van der Waals surface area contributed by atoms with Crippen molar-refractivity contribution in [3.05, 3.63) is 28.5 Å². The SMILES string of the molecule is C[C@H](NC(=O)COc1ncnc2c(Cl)cc(Cl)cc12)[C@@H]1C[C@@H]2CC[C@@H]1C2. The normalized spacial score (nSPS) is 25.4. The van der Waals surface area contributed by atoms with Crippen LogP contribution in [0.15, 0.2) is 18.5 Å². The van der Waals surface area contributed by atoms with Gasteiger partial charge >= 0.3 is 0 Å². The van der Waals surface area contributed by atoms with E-state index in [0.29, 0.717) is 32.7 Å². The Hall–Kier alpha value is -1.59. The lowest BCUT2D eigenvalue weighted by Crippen LogP contribution is -2.42. The maximum Gasteiger partial charge on any atom is 0.258 e. The van der Waals surface area contributed by atoms with E-state index in [9.17, 15) is 4.79 Å². The maximum atomic E-state index is 12.3. The fraction of sp³-hybridized carbons (Fsp3) is 0.526. The predicted octanol–water partition coefficient (Wildman–Crippen LogP) is 4.26. The molecule has 1 aromatic carbocycles. The molecule has 4 atom stereocenters. The monoisotopic (exact) mass is 393 g/mol. The van der Waals surface area contributed by atoms with Crippen LogP contribution in [0.3, 0.4) is 0 Å². The number of nitrogens with zero attached hydrogens (tertiary/aromatic N) is 2. The van der Waals surface area contributed by atoms with E-state index >= 15 is 0 Å². The number of benzene rings is 1. The molecule has 2 fully saturated rings. The number of rotatable bonds is 5. The lowest BCUT2D eigenvalue weighted by molar-refractivity contribution is -0.124. The zero-order valence-corrected chi connectivity index (χ0v) is 16.1. The molecule has 2 saturated carbocycles. The van der Waals surface area contributed by atoms with Crippen LogP contribution in [0.1, 0.15) is 32.6 Å². The minimum absolute atomic E-state index is 0.0958. The second-order valence-electron chi connectivity index (χ2n) is 7.45. The van der Waals surface area contributed by atoms with Gasteiger partial charge in [0.25, 0.3) is 5.91 Å². The lowest BCUT2D eigenvalue weighted by Gasteiger charge is -2.28. The molecular formula is C19H21Cl2N3O2. The molecule has 2 aliphatic carbocycles. The number of hydrogen-bond acceptors (Lipinski definition) is 4. The third-order valence-corrected chi connectivity index (χ3v) is 6.29. The highest BCUT2D eigenvalue weighted by atomic mass is 35.5. The van der Waals surface area contributed by atoms with Gasteiger partial charge < -0.3 is 10.1 Å². The number of hydrogen-bond donors (Lipinski definition) is 1. The summed E-state index contributed by atoms with van der Waals surface area (Å²) in [5.41, 5.74) is 0.553. The first kappa shape index (κ1) is 17.8. The zero-order valence-electron chi connectivity index (χ0n) is 14.5. The number of carbonyl (C=O) groups is 1. The minimum atomic E-state index is -0.139. The Bertz CT molecular complexity index is 845. The largest absolute Gasteiger partial charge is 0.467 e. The number of amides is 1. The van der Waals surface area contributed by atoms with Gasteiger partial charge in [0, 0.05) is 11.1 Å². The highest BCUT2D eigenvalue weighted by molar-refractivity contribution is 6.38. The van der Waals surface area contributed by atoms with E-state index in [-0.39, 0.29) is 18.6 Å². The molecule has 7 heteroatoms. The van der Waals surface area contributed by atoms with Crippen molar-refractivity contribution in [2.45, 2.75) is 38.6 Å². The van der Waals surface area contributed by atoms with E-state index < -0.39 is 0 Å². The fourth-order valence-electron chi connectivity index (χ4n) is 4.63. The van der Waals surface area contributed by atoms with Gasteiger partial charge in [-0.2, -0.15) is 0 Å². The summed E-state index contributed by atoms with van der Waals surface area (Å²) in [6.07, 6.45) is 6.60. The predicted molar refractivity (Wildman–Crippen MR) is 102 cm³/mol. The van der Waals surface area contributed by atoms with Gasteiger partial charge in [-0.15, -0.1) is 0 Å². The van der Waals surface area contributed by atoms with Crippen molar-refractivity contribution in [1.29, 1.82) is 0 Å². The molecule has 26 heavy (non-hydrogen) atoms. The number of halogens is 2. The van der Waals surface area contributed by atoms with Gasteiger partial charge in [0.2, 0.25) is 5.88 Å². The molecule has 0 aliphatic heterocycles. The molecule has 2 aliphatic rings. The molecule has 4 rings (SSSR count). The third kappa shape index (κ3) is 3.47. The van der Waals surface area contributed by atoms with Crippen LogP contribution in [0, 0.1) is 17.8 Å². The average molecular weight is 394 g/mol. The van der Waals surface area contributed by atoms with Crippen molar-refractivity contribution < 1.29 is 9.53 Å². The molecule has 2 aromatic rings. The number of fused-ring (bicyclic) bond motifs is 3. The van der Waals surface area contributed by atoms with Crippen molar-refractivity contribution in [3.63, 3.8) is 0 Å². The molecule has 1 heterocycles. The molecule has 1 N–H and O–H groups in total. The van der Waals surface area contributed by atoms with Crippen LogP contribution in [0.5, 0.6) is 5.88 Å². The summed E-state index contributed by atoms with van der Waals surface area (Å²) in [6.45, 7) is 2.00. The molecule has 138 valence electrons. The molecule has 5 nitrogen and oxygen atoms in total. The van der Waals surface area contributed by atoms with Gasteiger partial charge in [-0.3, -0.25) is 4.79 Å². The molecular weight excluding hydrogens is 373 g/mol. The summed E-state index contributed by atoms with van der Waals surface area (Å²) in [4.78, 5) is 20.6. The molecule has 0 unspecified atom stereocenters. The molecule has 2 bridgehead atoms. The van der Waals surface area contributed by atoms with E-state index in [2.05, 4.69) is 22.2 Å². The minimum Gasteiger partial charge on any atom is -0.467 e. The zero-order chi connectivity index (χ0) is 18.3. The van der Waals surface area contributed by atoms with Gasteiger partial charge in [0.15, 0.2) is 6.61 Å². The van der Waals surface area contributed by atoms with Crippen molar-refractivity contribution in [1.82, 2.24) is 15.3 Å². The average Bonchev–Trinajstić information content (AvgIpc) is 3.23. The van der Waals surface area contributed by atoms with E-state index in [4.69, 9.17) is 27.9 Å². The Morgan fingerprint density at radius 3 is 2.88 bits per heavy atom. The molecule has 0 saturated heterocycles. The first-order chi connectivity index (χ1) is 12.5. The Labute approximate surface area is 162 Å². The van der Waals surface area contributed by atoms with Gasteiger partial charge in [0.05, 0.1) is 15.9 Å². The summed E-state index contributed by atoms with van der Waals surface area (Å²) < 4.78 is 5.64. The topological polar surface area (TPSA) is 64.1 Å². The van der Waals surface area contributed by atoms with E-state index in [1.54, 1.807) is 12.1 Å². The summed E-state index contributed by atoms with van der Waals surface area (Å²) >= 11 is 12.2. The number of aromatic nitrogens is 2. The van der Waals surface area contributed by atoms with E-state index in [0.717, 1.165) is 11.8 Å². The standard InChI is InChI=1S/C19H21Cl2N3O2/c1-10(14-5-11-2-3-12(14)4-11)24-17(25)8-26-19-15-6-13(20)7-16(21)18(15)22-9-23-19/h6-7,9-12,14H,2-5,8H2,1H3,(H,24,25)/t10-,11+,12+,14-/m0/s1. The van der Waals surface area contributed by atoms with Crippen molar-refractivity contribution in [2.24, 2.45) is 17.8 Å². The van der Waals surface area contributed by atoms with Gasteiger partial charge in [-0.1, -0.05) is 29.6 Å². The molecule has 0 radical (unpaired) electrons. The van der Waals surface area contributed by atoms with E-state index in [1.807, 2.05) is 0 Å². The Kier molecular flexibility index (Phi) is 4.93. The Balaban J connectivity index is 1.39. The highest BCUT2D eigenvalue weighted by Gasteiger charge is 2.42. The number of carbonyl (C=O) groups excluding carboxylic acids is 1. The van der Waals surface area contributed by atoms with Gasteiger partial charge in [0.1, 0.15) is 6.33 Å². The second-order valence-corrected chi connectivity index (χ2v) is 8.29. The first-order valence-electron chi connectivity index (χ1n) is 9.03. The Morgan fingerprint density at radius 1 is 1.31 bits per heavy atom. The summed E-state index contributed by atoms with van der Waals surface area (Å²) in [5.74, 6) is 2.39. The van der Waals surface area contributed by atoms with Crippen LogP contribution in [0.2, 0.25) is 10.0 Å². The van der Waals surface area contributed by atoms with Crippen molar-refractivity contribution >= 4 is 40.0 Å². The van der Waals surface area contributed by atoms with Crippen molar-refractivity contribution in [3.8, 4) is 5.88 Å². The van der Waals surface area contributed by atoms with Crippen LogP contribution in [-0.2, 0) is 4.79 Å². The summed E-state index contributed by atoms with van der Waals surface area (Å²) in [5, 5.41) is 4.58. The lowest BCUT2D eigenvalue weighted by atomic mass is 9.84. The quantitative estimate of drug-likeness (QED) is 0.823.